The molecular formula is C12H10O3S. The normalized spacial score (nSPS) is 10.1. The van der Waals surface area contributed by atoms with E-state index >= 15 is 0 Å². The number of hydrogen-bond donors (Lipinski definition) is 0. The lowest BCUT2D eigenvalue weighted by Crippen LogP contribution is -1.97. The van der Waals surface area contributed by atoms with Crippen molar-refractivity contribution in [2.45, 2.75) is 9.99 Å². The van der Waals surface area contributed by atoms with Gasteiger partial charge in [-0.2, -0.15) is 0 Å². The summed E-state index contributed by atoms with van der Waals surface area (Å²) < 4.78 is 9.89. The molecule has 4 heteroatoms. The predicted octanol–water partition coefficient (Wildman–Crippen LogP) is 3.22. The van der Waals surface area contributed by atoms with E-state index in [9.17, 15) is 4.79 Å². The molecule has 1 aromatic carbocycles. The van der Waals surface area contributed by atoms with E-state index in [-0.39, 0.29) is 5.76 Å². The number of furan rings is 1. The molecule has 0 unspecified atom stereocenters. The Hall–Kier alpha value is -1.68. The summed E-state index contributed by atoms with van der Waals surface area (Å²) in [5.41, 5.74) is 0. The quantitative estimate of drug-likeness (QED) is 0.764. The van der Waals surface area contributed by atoms with Crippen molar-refractivity contribution < 1.29 is 13.9 Å². The van der Waals surface area contributed by atoms with E-state index in [2.05, 4.69) is 4.74 Å². The number of rotatable bonds is 3. The number of hydrogen-bond acceptors (Lipinski definition) is 4. The number of carbonyl (C=O) groups excluding carboxylic acids is 1. The number of carbonyl (C=O) groups is 1. The minimum atomic E-state index is -0.458. The summed E-state index contributed by atoms with van der Waals surface area (Å²) in [5, 5.41) is 0.673. The first-order valence-electron chi connectivity index (χ1n) is 4.70. The highest BCUT2D eigenvalue weighted by Crippen LogP contribution is 2.28. The van der Waals surface area contributed by atoms with Gasteiger partial charge in [-0.25, -0.2) is 4.79 Å². The van der Waals surface area contributed by atoms with Crippen molar-refractivity contribution in [3.63, 3.8) is 0 Å². The summed E-state index contributed by atoms with van der Waals surface area (Å²) in [6.07, 6.45) is 0. The zero-order valence-electron chi connectivity index (χ0n) is 8.67. The lowest BCUT2D eigenvalue weighted by atomic mass is 10.4. The van der Waals surface area contributed by atoms with E-state index in [1.807, 2.05) is 30.3 Å². The van der Waals surface area contributed by atoms with Gasteiger partial charge in [0.2, 0.25) is 5.76 Å². The van der Waals surface area contributed by atoms with Crippen molar-refractivity contribution in [2.75, 3.05) is 7.11 Å². The Morgan fingerprint density at radius 2 is 1.94 bits per heavy atom. The van der Waals surface area contributed by atoms with Gasteiger partial charge in [-0.15, -0.1) is 0 Å². The first kappa shape index (κ1) is 10.8. The molecule has 0 amide bonds. The van der Waals surface area contributed by atoms with Gasteiger partial charge < -0.3 is 9.15 Å². The summed E-state index contributed by atoms with van der Waals surface area (Å²) in [6.45, 7) is 0. The summed E-state index contributed by atoms with van der Waals surface area (Å²) in [5.74, 6) is -0.235. The molecule has 0 aliphatic carbocycles. The molecule has 0 saturated heterocycles. The molecule has 82 valence electrons. The molecule has 0 radical (unpaired) electrons. The number of esters is 1. The van der Waals surface area contributed by atoms with Crippen LogP contribution in [-0.2, 0) is 4.74 Å². The Balaban J connectivity index is 2.12. The van der Waals surface area contributed by atoms with Gasteiger partial charge in [0.1, 0.15) is 0 Å². The number of benzene rings is 1. The number of methoxy groups -OCH3 is 1. The Labute approximate surface area is 97.4 Å². The van der Waals surface area contributed by atoms with Crippen LogP contribution in [0.1, 0.15) is 10.6 Å². The smallest absolute Gasteiger partial charge is 0.374 e. The van der Waals surface area contributed by atoms with Crippen LogP contribution in [0.5, 0.6) is 0 Å². The third-order valence-corrected chi connectivity index (χ3v) is 2.86. The van der Waals surface area contributed by atoms with Crippen molar-refractivity contribution >= 4 is 17.7 Å². The number of ether oxygens (including phenoxy) is 1. The molecule has 0 saturated carbocycles. The fraction of sp³-hybridized carbons (Fsp3) is 0.0833. The fourth-order valence-corrected chi connectivity index (χ4v) is 1.98. The zero-order valence-corrected chi connectivity index (χ0v) is 9.49. The molecule has 0 aliphatic heterocycles. The van der Waals surface area contributed by atoms with Crippen LogP contribution in [0.3, 0.4) is 0 Å². The monoisotopic (exact) mass is 234 g/mol. The molecule has 0 N–H and O–H groups in total. The molecule has 1 heterocycles. The lowest BCUT2D eigenvalue weighted by molar-refractivity contribution is 0.0559. The Morgan fingerprint density at radius 3 is 2.62 bits per heavy atom. The van der Waals surface area contributed by atoms with Crippen molar-refractivity contribution in [1.29, 1.82) is 0 Å². The first-order valence-corrected chi connectivity index (χ1v) is 5.52. The van der Waals surface area contributed by atoms with Gasteiger partial charge in [-0.1, -0.05) is 30.0 Å². The van der Waals surface area contributed by atoms with Crippen LogP contribution in [0.2, 0.25) is 0 Å². The van der Waals surface area contributed by atoms with Crippen LogP contribution >= 0.6 is 11.8 Å². The van der Waals surface area contributed by atoms with E-state index in [1.54, 1.807) is 12.1 Å². The summed E-state index contributed by atoms with van der Waals surface area (Å²) in [6, 6.07) is 13.2. The molecule has 2 aromatic rings. The second kappa shape index (κ2) is 4.90. The van der Waals surface area contributed by atoms with Crippen LogP contribution in [-0.4, -0.2) is 13.1 Å². The lowest BCUT2D eigenvalue weighted by Gasteiger charge is -1.96. The van der Waals surface area contributed by atoms with E-state index in [0.29, 0.717) is 5.09 Å². The van der Waals surface area contributed by atoms with Gasteiger partial charge in [0.05, 0.1) is 7.11 Å². The van der Waals surface area contributed by atoms with Gasteiger partial charge in [0.25, 0.3) is 0 Å². The molecule has 2 rings (SSSR count). The van der Waals surface area contributed by atoms with E-state index in [4.69, 9.17) is 4.42 Å². The van der Waals surface area contributed by atoms with Crippen molar-refractivity contribution in [2.24, 2.45) is 0 Å². The van der Waals surface area contributed by atoms with Gasteiger partial charge >= 0.3 is 5.97 Å². The van der Waals surface area contributed by atoms with Crippen LogP contribution in [0, 0.1) is 0 Å². The Bertz CT molecular complexity index is 476. The Morgan fingerprint density at radius 1 is 1.19 bits per heavy atom. The molecule has 0 fully saturated rings. The largest absolute Gasteiger partial charge is 0.463 e. The highest BCUT2D eigenvalue weighted by Gasteiger charge is 2.11. The second-order valence-electron chi connectivity index (χ2n) is 3.03. The first-order chi connectivity index (χ1) is 7.79. The maximum absolute atomic E-state index is 11.2. The molecular weight excluding hydrogens is 224 g/mol. The molecule has 0 atom stereocenters. The van der Waals surface area contributed by atoms with Crippen LogP contribution in [0.15, 0.2) is 56.9 Å². The molecule has 16 heavy (non-hydrogen) atoms. The summed E-state index contributed by atoms with van der Waals surface area (Å²) in [7, 11) is 1.33. The third-order valence-electron chi connectivity index (χ3n) is 1.93. The van der Waals surface area contributed by atoms with Crippen LogP contribution in [0.4, 0.5) is 0 Å². The fourth-order valence-electron chi connectivity index (χ4n) is 1.19. The van der Waals surface area contributed by atoms with Crippen molar-refractivity contribution in [3.8, 4) is 0 Å². The van der Waals surface area contributed by atoms with Gasteiger partial charge in [0, 0.05) is 4.90 Å². The van der Waals surface area contributed by atoms with E-state index in [1.165, 1.54) is 18.9 Å². The second-order valence-corrected chi connectivity index (χ2v) is 4.10. The maximum Gasteiger partial charge on any atom is 0.374 e. The summed E-state index contributed by atoms with van der Waals surface area (Å²) in [4.78, 5) is 12.2. The highest BCUT2D eigenvalue weighted by molar-refractivity contribution is 7.99. The molecule has 3 nitrogen and oxygen atoms in total. The minimum Gasteiger partial charge on any atom is -0.463 e. The molecule has 1 aromatic heterocycles. The standard InChI is InChI=1S/C12H10O3S/c1-14-12(13)10-7-8-11(15-10)16-9-5-3-2-4-6-9/h2-8H,1H3. The van der Waals surface area contributed by atoms with Crippen LogP contribution < -0.4 is 0 Å². The van der Waals surface area contributed by atoms with Crippen molar-refractivity contribution in [3.05, 3.63) is 48.2 Å². The van der Waals surface area contributed by atoms with Crippen LogP contribution in [0.25, 0.3) is 0 Å². The average Bonchev–Trinajstić information content (AvgIpc) is 2.78. The van der Waals surface area contributed by atoms with Gasteiger partial charge in [-0.05, 0) is 24.3 Å². The van der Waals surface area contributed by atoms with Crippen molar-refractivity contribution in [1.82, 2.24) is 0 Å². The summed E-state index contributed by atoms with van der Waals surface area (Å²) >= 11 is 1.46. The zero-order chi connectivity index (χ0) is 11.4. The maximum atomic E-state index is 11.2. The molecule has 0 bridgehead atoms. The predicted molar refractivity (Wildman–Crippen MR) is 60.6 cm³/mol. The minimum absolute atomic E-state index is 0.223. The average molecular weight is 234 g/mol. The van der Waals surface area contributed by atoms with Gasteiger partial charge in [0.15, 0.2) is 5.09 Å². The van der Waals surface area contributed by atoms with Gasteiger partial charge in [-0.3, -0.25) is 0 Å². The third kappa shape index (κ3) is 2.46. The van der Waals surface area contributed by atoms with E-state index < -0.39 is 5.97 Å². The van der Waals surface area contributed by atoms with E-state index in [0.717, 1.165) is 4.90 Å². The topological polar surface area (TPSA) is 39.4 Å². The molecule has 0 spiro atoms. The molecule has 0 aliphatic rings. The Kier molecular flexibility index (Phi) is 3.31. The highest BCUT2D eigenvalue weighted by atomic mass is 32.2. The SMILES string of the molecule is COC(=O)c1ccc(Sc2ccccc2)o1.